The first-order chi connectivity index (χ1) is 7.88. The molecule has 0 spiro atoms. The van der Waals surface area contributed by atoms with Crippen LogP contribution in [-0.2, 0) is 4.79 Å². The average Bonchev–Trinajstić information content (AvgIpc) is 2.14. The molecule has 1 atom stereocenters. The van der Waals surface area contributed by atoms with E-state index in [1.165, 1.54) is 0 Å². The van der Waals surface area contributed by atoms with E-state index in [1.807, 2.05) is 13.8 Å². The average molecular weight is 257 g/mol. The molecule has 0 saturated heterocycles. The summed E-state index contributed by atoms with van der Waals surface area (Å²) >= 11 is 5.77. The van der Waals surface area contributed by atoms with Gasteiger partial charge in [-0.05, 0) is 26.8 Å². The minimum absolute atomic E-state index is 0.0969. The van der Waals surface area contributed by atoms with Gasteiger partial charge in [-0.3, -0.25) is 4.79 Å². The first kappa shape index (κ1) is 13.6. The number of hydrogen-bond donors (Lipinski definition) is 3. The summed E-state index contributed by atoms with van der Waals surface area (Å²) in [6.07, 6.45) is 0. The Hall–Kier alpha value is -1.49. The van der Waals surface area contributed by atoms with Crippen molar-refractivity contribution in [3.63, 3.8) is 0 Å². The monoisotopic (exact) mass is 256 g/mol. The maximum atomic E-state index is 11.7. The van der Waals surface area contributed by atoms with E-state index in [0.717, 1.165) is 0 Å². The number of hydrogen-bond acceptors (Lipinski definition) is 4. The highest BCUT2D eigenvalue weighted by Gasteiger charge is 2.14. The lowest BCUT2D eigenvalue weighted by molar-refractivity contribution is -0.122. The molecule has 0 aromatic carbocycles. The molecule has 6 heteroatoms. The second kappa shape index (κ2) is 5.72. The summed E-state index contributed by atoms with van der Waals surface area (Å²) in [4.78, 5) is 15.7. The van der Waals surface area contributed by atoms with E-state index < -0.39 is 6.04 Å². The molecule has 94 valence electrons. The maximum Gasteiger partial charge on any atom is 0.242 e. The van der Waals surface area contributed by atoms with Gasteiger partial charge in [0.15, 0.2) is 0 Å². The Morgan fingerprint density at radius 1 is 1.41 bits per heavy atom. The molecule has 17 heavy (non-hydrogen) atoms. The first-order valence-electron chi connectivity index (χ1n) is 5.38. The van der Waals surface area contributed by atoms with Crippen LogP contribution in [0.1, 0.15) is 20.8 Å². The summed E-state index contributed by atoms with van der Waals surface area (Å²) in [6, 6.07) is 2.88. The summed E-state index contributed by atoms with van der Waals surface area (Å²) in [5, 5.41) is 6.03. The van der Waals surface area contributed by atoms with Gasteiger partial charge in [0.05, 0.1) is 0 Å². The Morgan fingerprint density at radius 3 is 2.59 bits per heavy atom. The summed E-state index contributed by atoms with van der Waals surface area (Å²) in [6.45, 7) is 5.55. The maximum absolute atomic E-state index is 11.7. The molecule has 1 unspecified atom stereocenters. The van der Waals surface area contributed by atoms with E-state index in [2.05, 4.69) is 15.6 Å². The number of halogens is 1. The number of pyridine rings is 1. The minimum Gasteiger partial charge on any atom is -0.399 e. The summed E-state index contributed by atoms with van der Waals surface area (Å²) in [5.41, 5.74) is 6.13. The lowest BCUT2D eigenvalue weighted by Gasteiger charge is -2.16. The standard InChI is InChI=1S/C11H17ClN4O/c1-6(2)14-11(17)7(3)15-10-5-8(13)4-9(12)16-10/h4-7H,1-3H3,(H,14,17)(H3,13,15,16). The predicted octanol–water partition coefficient (Wildman–Crippen LogP) is 1.64. The molecular weight excluding hydrogens is 240 g/mol. The third kappa shape index (κ3) is 4.48. The lowest BCUT2D eigenvalue weighted by Crippen LogP contribution is -2.41. The molecule has 4 N–H and O–H groups in total. The normalized spacial score (nSPS) is 12.3. The third-order valence-electron chi connectivity index (χ3n) is 2.01. The second-order valence-electron chi connectivity index (χ2n) is 4.14. The molecule has 1 aromatic rings. The molecule has 0 bridgehead atoms. The highest BCUT2D eigenvalue weighted by atomic mass is 35.5. The van der Waals surface area contributed by atoms with Crippen molar-refractivity contribution in [1.29, 1.82) is 0 Å². The first-order valence-corrected chi connectivity index (χ1v) is 5.76. The molecule has 0 aliphatic heterocycles. The fourth-order valence-electron chi connectivity index (χ4n) is 1.29. The third-order valence-corrected chi connectivity index (χ3v) is 2.20. The molecule has 1 rings (SSSR count). The van der Waals surface area contributed by atoms with Crippen LogP contribution in [0.5, 0.6) is 0 Å². The Bertz CT molecular complexity index is 388. The van der Waals surface area contributed by atoms with E-state index in [4.69, 9.17) is 17.3 Å². The fourth-order valence-corrected chi connectivity index (χ4v) is 1.50. The van der Waals surface area contributed by atoms with Crippen LogP contribution in [0.3, 0.4) is 0 Å². The van der Waals surface area contributed by atoms with Crippen LogP contribution in [0.2, 0.25) is 5.15 Å². The molecule has 0 fully saturated rings. The van der Waals surface area contributed by atoms with Crippen molar-refractivity contribution in [2.24, 2.45) is 0 Å². The SMILES string of the molecule is CC(C)NC(=O)C(C)Nc1cc(N)cc(Cl)n1. The van der Waals surface area contributed by atoms with Gasteiger partial charge in [-0.1, -0.05) is 11.6 Å². The second-order valence-corrected chi connectivity index (χ2v) is 4.53. The molecule has 1 amide bonds. The molecule has 0 aliphatic rings. The number of anilines is 2. The lowest BCUT2D eigenvalue weighted by atomic mass is 10.2. The molecule has 0 aliphatic carbocycles. The van der Waals surface area contributed by atoms with Crippen molar-refractivity contribution in [2.75, 3.05) is 11.1 Å². The number of carbonyl (C=O) groups is 1. The minimum atomic E-state index is -0.400. The van der Waals surface area contributed by atoms with E-state index in [-0.39, 0.29) is 11.9 Å². The number of rotatable bonds is 4. The fraction of sp³-hybridized carbons (Fsp3) is 0.455. The molecule has 1 heterocycles. The highest BCUT2D eigenvalue weighted by Crippen LogP contribution is 2.16. The van der Waals surface area contributed by atoms with Gasteiger partial charge in [0.1, 0.15) is 17.0 Å². The Morgan fingerprint density at radius 2 is 2.06 bits per heavy atom. The van der Waals surface area contributed by atoms with Crippen LogP contribution in [-0.4, -0.2) is 23.0 Å². The van der Waals surface area contributed by atoms with Gasteiger partial charge < -0.3 is 16.4 Å². The van der Waals surface area contributed by atoms with E-state index in [0.29, 0.717) is 16.7 Å². The van der Waals surface area contributed by atoms with Gasteiger partial charge in [0, 0.05) is 17.8 Å². The molecule has 1 aromatic heterocycles. The number of nitrogens with one attached hydrogen (secondary N) is 2. The zero-order valence-corrected chi connectivity index (χ0v) is 10.9. The number of nitrogens with two attached hydrogens (primary N) is 1. The number of carbonyl (C=O) groups excluding carboxylic acids is 1. The van der Waals surface area contributed by atoms with Gasteiger partial charge in [-0.15, -0.1) is 0 Å². The van der Waals surface area contributed by atoms with Crippen LogP contribution in [0, 0.1) is 0 Å². The van der Waals surface area contributed by atoms with Crippen LogP contribution >= 0.6 is 11.6 Å². The Labute approximate surface area is 106 Å². The highest BCUT2D eigenvalue weighted by molar-refractivity contribution is 6.29. The summed E-state index contributed by atoms with van der Waals surface area (Å²) < 4.78 is 0. The smallest absolute Gasteiger partial charge is 0.242 e. The molecular formula is C11H17ClN4O. The van der Waals surface area contributed by atoms with Gasteiger partial charge in [0.25, 0.3) is 0 Å². The Kier molecular flexibility index (Phi) is 4.57. The van der Waals surface area contributed by atoms with Crippen LogP contribution in [0.15, 0.2) is 12.1 Å². The number of nitrogens with zero attached hydrogens (tertiary/aromatic N) is 1. The van der Waals surface area contributed by atoms with Crippen molar-refractivity contribution in [3.05, 3.63) is 17.3 Å². The zero-order chi connectivity index (χ0) is 13.0. The van der Waals surface area contributed by atoms with E-state index >= 15 is 0 Å². The summed E-state index contributed by atoms with van der Waals surface area (Å²) in [5.74, 6) is 0.391. The molecule has 5 nitrogen and oxygen atoms in total. The van der Waals surface area contributed by atoms with Gasteiger partial charge in [-0.2, -0.15) is 0 Å². The number of aromatic nitrogens is 1. The van der Waals surface area contributed by atoms with Crippen molar-refractivity contribution >= 4 is 29.0 Å². The zero-order valence-electron chi connectivity index (χ0n) is 10.1. The van der Waals surface area contributed by atoms with Gasteiger partial charge in [-0.25, -0.2) is 4.98 Å². The van der Waals surface area contributed by atoms with Crippen LogP contribution < -0.4 is 16.4 Å². The van der Waals surface area contributed by atoms with Gasteiger partial charge >= 0.3 is 0 Å². The predicted molar refractivity (Wildman–Crippen MR) is 70.0 cm³/mol. The van der Waals surface area contributed by atoms with Gasteiger partial charge in [0.2, 0.25) is 5.91 Å². The topological polar surface area (TPSA) is 80.0 Å². The Balaban J connectivity index is 2.67. The van der Waals surface area contributed by atoms with Crippen LogP contribution in [0.4, 0.5) is 11.5 Å². The largest absolute Gasteiger partial charge is 0.399 e. The molecule has 0 radical (unpaired) electrons. The van der Waals surface area contributed by atoms with Crippen molar-refractivity contribution in [3.8, 4) is 0 Å². The van der Waals surface area contributed by atoms with Crippen molar-refractivity contribution < 1.29 is 4.79 Å². The van der Waals surface area contributed by atoms with E-state index in [9.17, 15) is 4.79 Å². The van der Waals surface area contributed by atoms with E-state index in [1.54, 1.807) is 19.1 Å². The number of nitrogen functional groups attached to an aromatic ring is 1. The molecule has 0 saturated carbocycles. The van der Waals surface area contributed by atoms with Crippen LogP contribution in [0.25, 0.3) is 0 Å². The quantitative estimate of drug-likeness (QED) is 0.716. The van der Waals surface area contributed by atoms with Crippen molar-refractivity contribution in [2.45, 2.75) is 32.9 Å². The number of amides is 1. The van der Waals surface area contributed by atoms with Crippen molar-refractivity contribution in [1.82, 2.24) is 10.3 Å². The summed E-state index contributed by atoms with van der Waals surface area (Å²) in [7, 11) is 0.